The molecule has 1 heterocycles. The van der Waals surface area contributed by atoms with Gasteiger partial charge in [0.1, 0.15) is 5.01 Å². The van der Waals surface area contributed by atoms with E-state index in [-0.39, 0.29) is 0 Å². The van der Waals surface area contributed by atoms with Gasteiger partial charge in [0.25, 0.3) is 0 Å². The van der Waals surface area contributed by atoms with Crippen molar-refractivity contribution in [1.82, 2.24) is 4.98 Å². The van der Waals surface area contributed by atoms with Crippen LogP contribution in [0.25, 0.3) is 21.8 Å². The molecular formula is C16H13BrN2S. The van der Waals surface area contributed by atoms with E-state index in [2.05, 4.69) is 40.4 Å². The van der Waals surface area contributed by atoms with Crippen LogP contribution in [-0.4, -0.2) is 4.98 Å². The molecule has 0 aliphatic carbocycles. The Kier molecular flexibility index (Phi) is 3.59. The van der Waals surface area contributed by atoms with Crippen molar-refractivity contribution in [3.05, 3.63) is 57.9 Å². The van der Waals surface area contributed by atoms with Crippen LogP contribution in [0.15, 0.2) is 52.3 Å². The highest BCUT2D eigenvalue weighted by Crippen LogP contribution is 2.32. The number of aryl methyl sites for hydroxylation is 1. The summed E-state index contributed by atoms with van der Waals surface area (Å²) in [6, 6.07) is 14.1. The highest BCUT2D eigenvalue weighted by atomic mass is 79.9. The molecule has 0 unspecified atom stereocenters. The average Bonchev–Trinajstić information content (AvgIpc) is 2.88. The number of nitrogen functional groups attached to an aromatic ring is 1. The van der Waals surface area contributed by atoms with Crippen LogP contribution in [-0.2, 0) is 0 Å². The van der Waals surface area contributed by atoms with Crippen molar-refractivity contribution in [2.75, 3.05) is 5.73 Å². The van der Waals surface area contributed by atoms with Gasteiger partial charge in [-0.1, -0.05) is 34.1 Å². The van der Waals surface area contributed by atoms with Gasteiger partial charge in [-0.3, -0.25) is 0 Å². The molecular weight excluding hydrogens is 332 g/mol. The predicted octanol–water partition coefficient (Wildman–Crippen LogP) is 5.13. The lowest BCUT2D eigenvalue weighted by atomic mass is 10.1. The summed E-state index contributed by atoms with van der Waals surface area (Å²) < 4.78 is 1.09. The molecule has 0 spiro atoms. The standard InChI is InChI=1S/C16H13BrN2S/c1-10-7-12(17)5-6-14(10)16-19-15(9-20-16)11-3-2-4-13(18)8-11/h2-9H,18H2,1H3. The number of rotatable bonds is 2. The highest BCUT2D eigenvalue weighted by Gasteiger charge is 2.09. The topological polar surface area (TPSA) is 38.9 Å². The summed E-state index contributed by atoms with van der Waals surface area (Å²) in [6.45, 7) is 2.10. The Balaban J connectivity index is 2.02. The second-order valence-electron chi connectivity index (χ2n) is 4.62. The van der Waals surface area contributed by atoms with Crippen LogP contribution < -0.4 is 5.73 Å². The van der Waals surface area contributed by atoms with Crippen molar-refractivity contribution >= 4 is 33.0 Å². The number of benzene rings is 2. The first-order valence-electron chi connectivity index (χ1n) is 6.21. The zero-order valence-electron chi connectivity index (χ0n) is 10.9. The van der Waals surface area contributed by atoms with Crippen LogP contribution in [0.4, 0.5) is 5.69 Å². The van der Waals surface area contributed by atoms with Crippen molar-refractivity contribution in [3.63, 3.8) is 0 Å². The van der Waals surface area contributed by atoms with E-state index in [1.807, 2.05) is 30.3 Å². The van der Waals surface area contributed by atoms with E-state index < -0.39 is 0 Å². The molecule has 3 rings (SSSR count). The van der Waals surface area contributed by atoms with Gasteiger partial charge >= 0.3 is 0 Å². The lowest BCUT2D eigenvalue weighted by molar-refractivity contribution is 1.37. The van der Waals surface area contributed by atoms with Crippen molar-refractivity contribution in [2.45, 2.75) is 6.92 Å². The first kappa shape index (κ1) is 13.3. The molecule has 3 aromatic rings. The fourth-order valence-corrected chi connectivity index (χ4v) is 3.49. The molecule has 0 amide bonds. The van der Waals surface area contributed by atoms with Crippen LogP contribution in [0.5, 0.6) is 0 Å². The Labute approximate surface area is 130 Å². The van der Waals surface area contributed by atoms with Gasteiger partial charge in [-0.05, 0) is 36.8 Å². The maximum absolute atomic E-state index is 5.83. The van der Waals surface area contributed by atoms with Gasteiger partial charge < -0.3 is 5.73 Å². The fraction of sp³-hybridized carbons (Fsp3) is 0.0625. The first-order chi connectivity index (χ1) is 9.63. The average molecular weight is 345 g/mol. The first-order valence-corrected chi connectivity index (χ1v) is 7.89. The molecule has 2 N–H and O–H groups in total. The quantitative estimate of drug-likeness (QED) is 0.654. The summed E-state index contributed by atoms with van der Waals surface area (Å²) in [4.78, 5) is 4.73. The number of nitrogens with zero attached hydrogens (tertiary/aromatic N) is 1. The van der Waals surface area contributed by atoms with Gasteiger partial charge in [-0.15, -0.1) is 11.3 Å². The fourth-order valence-electron chi connectivity index (χ4n) is 2.10. The number of hydrogen-bond donors (Lipinski definition) is 1. The van der Waals surface area contributed by atoms with E-state index in [1.165, 1.54) is 11.1 Å². The third-order valence-corrected chi connectivity index (χ3v) is 4.47. The predicted molar refractivity (Wildman–Crippen MR) is 89.8 cm³/mol. The molecule has 20 heavy (non-hydrogen) atoms. The number of nitrogens with two attached hydrogens (primary N) is 1. The molecule has 0 aliphatic rings. The third kappa shape index (κ3) is 2.62. The van der Waals surface area contributed by atoms with Gasteiger partial charge in [0, 0.05) is 26.7 Å². The van der Waals surface area contributed by atoms with Gasteiger partial charge in [-0.25, -0.2) is 4.98 Å². The van der Waals surface area contributed by atoms with Crippen LogP contribution in [0.2, 0.25) is 0 Å². The molecule has 0 radical (unpaired) electrons. The van der Waals surface area contributed by atoms with Crippen LogP contribution in [0.3, 0.4) is 0 Å². The minimum absolute atomic E-state index is 0.761. The molecule has 0 aliphatic heterocycles. The SMILES string of the molecule is Cc1cc(Br)ccc1-c1nc(-c2cccc(N)c2)cs1. The van der Waals surface area contributed by atoms with Crippen molar-refractivity contribution in [2.24, 2.45) is 0 Å². The van der Waals surface area contributed by atoms with E-state index in [0.29, 0.717) is 0 Å². The van der Waals surface area contributed by atoms with Crippen molar-refractivity contribution < 1.29 is 0 Å². The lowest BCUT2D eigenvalue weighted by Crippen LogP contribution is -1.86. The third-order valence-electron chi connectivity index (χ3n) is 3.11. The maximum Gasteiger partial charge on any atom is 0.124 e. The smallest absolute Gasteiger partial charge is 0.124 e. The molecule has 100 valence electrons. The summed E-state index contributed by atoms with van der Waals surface area (Å²) in [7, 11) is 0. The zero-order valence-corrected chi connectivity index (χ0v) is 13.3. The molecule has 0 saturated carbocycles. The Hall–Kier alpha value is -1.65. The Morgan fingerprint density at radius 3 is 2.75 bits per heavy atom. The molecule has 2 aromatic carbocycles. The molecule has 4 heteroatoms. The minimum Gasteiger partial charge on any atom is -0.399 e. The molecule has 0 saturated heterocycles. The molecule has 2 nitrogen and oxygen atoms in total. The summed E-state index contributed by atoms with van der Waals surface area (Å²) in [5, 5.41) is 3.11. The van der Waals surface area contributed by atoms with E-state index >= 15 is 0 Å². The van der Waals surface area contributed by atoms with E-state index in [0.717, 1.165) is 26.4 Å². The van der Waals surface area contributed by atoms with E-state index in [1.54, 1.807) is 11.3 Å². The van der Waals surface area contributed by atoms with Crippen LogP contribution in [0.1, 0.15) is 5.56 Å². The van der Waals surface area contributed by atoms with Crippen molar-refractivity contribution in [1.29, 1.82) is 0 Å². The van der Waals surface area contributed by atoms with Gasteiger partial charge in [0.05, 0.1) is 5.69 Å². The van der Waals surface area contributed by atoms with Crippen molar-refractivity contribution in [3.8, 4) is 21.8 Å². The number of aromatic nitrogens is 1. The second-order valence-corrected chi connectivity index (χ2v) is 6.40. The molecule has 0 atom stereocenters. The highest BCUT2D eigenvalue weighted by molar-refractivity contribution is 9.10. The summed E-state index contributed by atoms with van der Waals surface area (Å²) in [5.41, 5.74) is 11.0. The Morgan fingerprint density at radius 2 is 2.00 bits per heavy atom. The monoisotopic (exact) mass is 344 g/mol. The van der Waals surface area contributed by atoms with Crippen LogP contribution in [0, 0.1) is 6.92 Å². The maximum atomic E-state index is 5.83. The van der Waals surface area contributed by atoms with E-state index in [9.17, 15) is 0 Å². The zero-order chi connectivity index (χ0) is 14.1. The van der Waals surface area contributed by atoms with Crippen LogP contribution >= 0.6 is 27.3 Å². The Morgan fingerprint density at radius 1 is 1.15 bits per heavy atom. The Bertz CT molecular complexity index is 765. The summed E-state index contributed by atoms with van der Waals surface area (Å²) in [5.74, 6) is 0. The number of halogens is 1. The van der Waals surface area contributed by atoms with Gasteiger partial charge in [0.2, 0.25) is 0 Å². The summed E-state index contributed by atoms with van der Waals surface area (Å²) >= 11 is 5.14. The van der Waals surface area contributed by atoms with Gasteiger partial charge in [0.15, 0.2) is 0 Å². The molecule has 0 fully saturated rings. The normalized spacial score (nSPS) is 10.7. The lowest BCUT2D eigenvalue weighted by Gasteiger charge is -2.02. The van der Waals surface area contributed by atoms with Gasteiger partial charge in [-0.2, -0.15) is 0 Å². The van der Waals surface area contributed by atoms with E-state index in [4.69, 9.17) is 10.7 Å². The number of thiazole rings is 1. The largest absolute Gasteiger partial charge is 0.399 e. The summed E-state index contributed by atoms with van der Waals surface area (Å²) in [6.07, 6.45) is 0. The molecule has 1 aromatic heterocycles. The number of anilines is 1. The second kappa shape index (κ2) is 5.38. The molecule has 0 bridgehead atoms. The number of hydrogen-bond acceptors (Lipinski definition) is 3. The minimum atomic E-state index is 0.761.